The molecule has 2 amide bonds. The van der Waals surface area contributed by atoms with Crippen LogP contribution in [0.2, 0.25) is 0 Å². The molecule has 0 saturated heterocycles. The molecular formula is C20H18N4O3S. The van der Waals surface area contributed by atoms with E-state index >= 15 is 0 Å². The molecule has 4 rings (SSSR count). The Kier molecular flexibility index (Phi) is 5.20. The topological polar surface area (TPSA) is 89.2 Å². The molecule has 1 aromatic carbocycles. The van der Waals surface area contributed by atoms with Crippen molar-refractivity contribution >= 4 is 39.2 Å². The number of hydrogen-bond acceptors (Lipinski definition) is 5. The van der Waals surface area contributed by atoms with Gasteiger partial charge in [-0.15, -0.1) is 11.3 Å². The highest BCUT2D eigenvalue weighted by Gasteiger charge is 2.13. The lowest BCUT2D eigenvalue weighted by atomic mass is 10.3. The number of nitrogens with zero attached hydrogens (tertiary/aromatic N) is 2. The van der Waals surface area contributed by atoms with Gasteiger partial charge in [0, 0.05) is 13.1 Å². The second-order valence-corrected chi connectivity index (χ2v) is 7.22. The number of rotatable bonds is 7. The number of fused-ring (bicyclic) bond motifs is 1. The predicted octanol–water partition coefficient (Wildman–Crippen LogP) is 3.76. The first-order valence-electron chi connectivity index (χ1n) is 8.83. The van der Waals surface area contributed by atoms with Crippen molar-refractivity contribution in [1.82, 2.24) is 14.9 Å². The summed E-state index contributed by atoms with van der Waals surface area (Å²) in [5.74, 6) is -0.267. The summed E-state index contributed by atoms with van der Waals surface area (Å²) in [6, 6.07) is 14.6. The summed E-state index contributed by atoms with van der Waals surface area (Å²) in [4.78, 5) is 29.2. The van der Waals surface area contributed by atoms with Gasteiger partial charge in [0.05, 0.1) is 33.5 Å². The molecule has 0 fully saturated rings. The minimum Gasteiger partial charge on any atom is -0.459 e. The van der Waals surface area contributed by atoms with Gasteiger partial charge in [-0.25, -0.2) is 4.98 Å². The second-order valence-electron chi connectivity index (χ2n) is 6.13. The summed E-state index contributed by atoms with van der Waals surface area (Å²) in [7, 11) is 0. The predicted molar refractivity (Wildman–Crippen MR) is 108 cm³/mol. The van der Waals surface area contributed by atoms with Crippen LogP contribution in [0.15, 0.2) is 65.5 Å². The zero-order valence-corrected chi connectivity index (χ0v) is 15.7. The first-order valence-corrected chi connectivity index (χ1v) is 9.65. The summed E-state index contributed by atoms with van der Waals surface area (Å²) in [6.07, 6.45) is 4.05. The monoisotopic (exact) mass is 394 g/mol. The third-order valence-corrected chi connectivity index (χ3v) is 5.20. The van der Waals surface area contributed by atoms with E-state index in [2.05, 4.69) is 20.2 Å². The molecule has 8 heteroatoms. The number of thiophene rings is 1. The van der Waals surface area contributed by atoms with Crippen molar-refractivity contribution in [2.75, 3.05) is 11.9 Å². The Hall–Kier alpha value is -3.39. The number of hydrogen-bond donors (Lipinski definition) is 2. The minimum atomic E-state index is -0.341. The highest BCUT2D eigenvalue weighted by Crippen LogP contribution is 2.22. The maximum absolute atomic E-state index is 12.3. The summed E-state index contributed by atoms with van der Waals surface area (Å²) >= 11 is 1.22. The number of anilines is 1. The smallest absolute Gasteiger partial charge is 0.291 e. The first-order chi connectivity index (χ1) is 13.7. The van der Waals surface area contributed by atoms with Crippen LogP contribution in [0.1, 0.15) is 26.6 Å². The largest absolute Gasteiger partial charge is 0.459 e. The van der Waals surface area contributed by atoms with E-state index in [4.69, 9.17) is 4.42 Å². The SMILES string of the molecule is O=C(Nc1ccc(C(=O)NCCCn2cnc3ccccc32)s1)c1ccco1. The lowest BCUT2D eigenvalue weighted by Crippen LogP contribution is -2.24. The van der Waals surface area contributed by atoms with Gasteiger partial charge in [0.15, 0.2) is 5.76 Å². The number of aromatic nitrogens is 2. The first kappa shape index (κ1) is 18.0. The molecule has 0 atom stereocenters. The molecule has 0 aliphatic heterocycles. The fourth-order valence-corrected chi connectivity index (χ4v) is 3.65. The van der Waals surface area contributed by atoms with Gasteiger partial charge in [-0.05, 0) is 42.8 Å². The maximum atomic E-state index is 12.3. The van der Waals surface area contributed by atoms with Crippen LogP contribution in [0.3, 0.4) is 0 Å². The number of imidazole rings is 1. The normalized spacial score (nSPS) is 10.9. The van der Waals surface area contributed by atoms with Crippen LogP contribution >= 0.6 is 11.3 Å². The fourth-order valence-electron chi connectivity index (χ4n) is 2.84. The average Bonchev–Trinajstić information content (AvgIpc) is 3.45. The van der Waals surface area contributed by atoms with E-state index in [0.29, 0.717) is 16.4 Å². The lowest BCUT2D eigenvalue weighted by molar-refractivity contribution is 0.0955. The van der Waals surface area contributed by atoms with E-state index in [1.165, 1.54) is 17.6 Å². The molecule has 0 radical (unpaired) electrons. The van der Waals surface area contributed by atoms with Crippen molar-refractivity contribution < 1.29 is 14.0 Å². The van der Waals surface area contributed by atoms with Crippen molar-refractivity contribution in [3.8, 4) is 0 Å². The van der Waals surface area contributed by atoms with Crippen molar-refractivity contribution in [2.45, 2.75) is 13.0 Å². The molecule has 0 unspecified atom stereocenters. The molecule has 7 nitrogen and oxygen atoms in total. The van der Waals surface area contributed by atoms with Crippen molar-refractivity contribution in [1.29, 1.82) is 0 Å². The Balaban J connectivity index is 1.26. The Morgan fingerprint density at radius 3 is 2.82 bits per heavy atom. The van der Waals surface area contributed by atoms with Gasteiger partial charge in [-0.2, -0.15) is 0 Å². The standard InChI is InChI=1S/C20H18N4O3S/c25-19(16-7-3-12-27-16)23-18-9-8-17(28-18)20(26)21-10-4-11-24-13-22-14-5-1-2-6-15(14)24/h1-3,5-9,12-13H,4,10-11H2,(H,21,26)(H,23,25). The van der Waals surface area contributed by atoms with Gasteiger partial charge >= 0.3 is 0 Å². The molecule has 0 saturated carbocycles. The molecule has 142 valence electrons. The number of para-hydroxylation sites is 2. The quantitative estimate of drug-likeness (QED) is 0.467. The second kappa shape index (κ2) is 8.10. The van der Waals surface area contributed by atoms with Crippen LogP contribution in [0.25, 0.3) is 11.0 Å². The fraction of sp³-hybridized carbons (Fsp3) is 0.150. The number of aryl methyl sites for hydroxylation is 1. The van der Waals surface area contributed by atoms with Crippen molar-refractivity contribution in [2.24, 2.45) is 0 Å². The van der Waals surface area contributed by atoms with E-state index in [9.17, 15) is 9.59 Å². The molecular weight excluding hydrogens is 376 g/mol. The lowest BCUT2D eigenvalue weighted by Gasteiger charge is -2.06. The molecule has 0 aliphatic carbocycles. The maximum Gasteiger partial charge on any atom is 0.291 e. The van der Waals surface area contributed by atoms with Gasteiger partial charge in [0.25, 0.3) is 11.8 Å². The zero-order valence-electron chi connectivity index (χ0n) is 14.9. The van der Waals surface area contributed by atoms with Crippen LogP contribution in [-0.4, -0.2) is 27.9 Å². The third-order valence-electron chi connectivity index (χ3n) is 4.20. The Morgan fingerprint density at radius 2 is 1.96 bits per heavy atom. The highest BCUT2D eigenvalue weighted by molar-refractivity contribution is 7.18. The van der Waals surface area contributed by atoms with Crippen molar-refractivity contribution in [3.63, 3.8) is 0 Å². The van der Waals surface area contributed by atoms with E-state index < -0.39 is 0 Å². The van der Waals surface area contributed by atoms with Crippen molar-refractivity contribution in [3.05, 3.63) is 71.8 Å². The van der Waals surface area contributed by atoms with Crippen LogP contribution < -0.4 is 10.6 Å². The molecule has 3 heterocycles. The van der Waals surface area contributed by atoms with E-state index in [1.54, 1.807) is 24.3 Å². The van der Waals surface area contributed by atoms with Gasteiger partial charge in [0.2, 0.25) is 0 Å². The third kappa shape index (κ3) is 3.96. The summed E-state index contributed by atoms with van der Waals surface area (Å²) in [5, 5.41) is 6.22. The van der Waals surface area contributed by atoms with E-state index in [0.717, 1.165) is 24.0 Å². The Bertz CT molecular complexity index is 1100. The number of benzene rings is 1. The number of carbonyl (C=O) groups excluding carboxylic acids is 2. The number of carbonyl (C=O) groups is 2. The van der Waals surface area contributed by atoms with Crippen LogP contribution in [0.5, 0.6) is 0 Å². The Labute approximate surface area is 165 Å². The average molecular weight is 394 g/mol. The number of furan rings is 1. The minimum absolute atomic E-state index is 0.154. The molecule has 4 aromatic rings. The van der Waals surface area contributed by atoms with Gasteiger partial charge in [0.1, 0.15) is 0 Å². The highest BCUT2D eigenvalue weighted by atomic mass is 32.1. The number of nitrogens with one attached hydrogen (secondary N) is 2. The summed E-state index contributed by atoms with van der Waals surface area (Å²) in [6.45, 7) is 1.33. The summed E-state index contributed by atoms with van der Waals surface area (Å²) in [5.41, 5.74) is 2.05. The van der Waals surface area contributed by atoms with Gasteiger partial charge in [-0.1, -0.05) is 12.1 Å². The zero-order chi connectivity index (χ0) is 19.3. The van der Waals surface area contributed by atoms with E-state index in [1.807, 2.05) is 30.6 Å². The molecule has 0 spiro atoms. The summed E-state index contributed by atoms with van der Waals surface area (Å²) < 4.78 is 7.13. The van der Waals surface area contributed by atoms with Crippen LogP contribution in [0, 0.1) is 0 Å². The molecule has 2 N–H and O–H groups in total. The van der Waals surface area contributed by atoms with Crippen LogP contribution in [0.4, 0.5) is 5.00 Å². The van der Waals surface area contributed by atoms with Gasteiger partial charge < -0.3 is 19.6 Å². The van der Waals surface area contributed by atoms with Crippen LogP contribution in [-0.2, 0) is 6.54 Å². The molecule has 3 aromatic heterocycles. The molecule has 0 bridgehead atoms. The van der Waals surface area contributed by atoms with E-state index in [-0.39, 0.29) is 17.6 Å². The Morgan fingerprint density at radius 1 is 1.07 bits per heavy atom. The molecule has 0 aliphatic rings. The van der Waals surface area contributed by atoms with Gasteiger partial charge in [-0.3, -0.25) is 9.59 Å². The molecule has 28 heavy (non-hydrogen) atoms. The number of amides is 2.